The van der Waals surface area contributed by atoms with Gasteiger partial charge in [-0.15, -0.1) is 0 Å². The third-order valence-corrected chi connectivity index (χ3v) is 5.37. The minimum atomic E-state index is -0.0273. The van der Waals surface area contributed by atoms with Crippen LogP contribution in [0.3, 0.4) is 0 Å². The molecule has 1 amide bonds. The minimum absolute atomic E-state index is 0.0273. The van der Waals surface area contributed by atoms with Crippen LogP contribution in [0.5, 0.6) is 0 Å². The van der Waals surface area contributed by atoms with E-state index in [0.717, 1.165) is 12.5 Å². The van der Waals surface area contributed by atoms with Crippen LogP contribution in [0.2, 0.25) is 5.02 Å². The third-order valence-electron chi connectivity index (χ3n) is 5.08. The lowest BCUT2D eigenvalue weighted by atomic mass is 9.83. The number of nitrogens with one attached hydrogen (secondary N) is 1. The Hall–Kier alpha value is -1.33. The summed E-state index contributed by atoms with van der Waals surface area (Å²) in [4.78, 5) is 18.6. The van der Waals surface area contributed by atoms with Crippen molar-refractivity contribution < 1.29 is 9.53 Å². The number of rotatable bonds is 4. The van der Waals surface area contributed by atoms with Gasteiger partial charge in [-0.25, -0.2) is 4.98 Å². The number of pyridine rings is 1. The van der Waals surface area contributed by atoms with Crippen LogP contribution in [0.15, 0.2) is 12.3 Å². The summed E-state index contributed by atoms with van der Waals surface area (Å²) in [6.07, 6.45) is 6.76. The van der Waals surface area contributed by atoms with Crippen LogP contribution in [0.1, 0.15) is 43.0 Å². The van der Waals surface area contributed by atoms with Gasteiger partial charge in [-0.3, -0.25) is 4.79 Å². The fourth-order valence-electron chi connectivity index (χ4n) is 3.41. The van der Waals surface area contributed by atoms with Crippen molar-refractivity contribution in [3.63, 3.8) is 0 Å². The van der Waals surface area contributed by atoms with Crippen molar-refractivity contribution in [2.75, 3.05) is 38.2 Å². The maximum absolute atomic E-state index is 12.5. The Morgan fingerprint density at radius 3 is 2.71 bits per heavy atom. The van der Waals surface area contributed by atoms with Gasteiger partial charge in [0.25, 0.3) is 5.91 Å². The van der Waals surface area contributed by atoms with E-state index < -0.39 is 0 Å². The molecule has 1 N–H and O–H groups in total. The molecule has 24 heavy (non-hydrogen) atoms. The predicted octanol–water partition coefficient (Wildman–Crippen LogP) is 3.45. The fourth-order valence-corrected chi connectivity index (χ4v) is 3.64. The molecule has 0 atom stereocenters. The summed E-state index contributed by atoms with van der Waals surface area (Å²) in [7, 11) is 0. The van der Waals surface area contributed by atoms with Crippen LogP contribution in [0.25, 0.3) is 0 Å². The Labute approximate surface area is 148 Å². The van der Waals surface area contributed by atoms with Gasteiger partial charge >= 0.3 is 0 Å². The van der Waals surface area contributed by atoms with Gasteiger partial charge in [0.1, 0.15) is 5.82 Å². The van der Waals surface area contributed by atoms with Crippen LogP contribution in [-0.4, -0.2) is 48.6 Å². The molecular formula is C18H26ClN3O2. The molecule has 6 heteroatoms. The van der Waals surface area contributed by atoms with E-state index in [1.54, 1.807) is 17.2 Å². The maximum atomic E-state index is 12.5. The minimum Gasteiger partial charge on any atom is -0.378 e. The summed E-state index contributed by atoms with van der Waals surface area (Å²) in [5.41, 5.74) is 0.541. The Morgan fingerprint density at radius 2 is 2.04 bits per heavy atom. The van der Waals surface area contributed by atoms with Gasteiger partial charge in [0.15, 0.2) is 0 Å². The number of amides is 1. The Bertz CT molecular complexity index is 567. The Balaban J connectivity index is 1.57. The van der Waals surface area contributed by atoms with Crippen molar-refractivity contribution in [3.05, 3.63) is 22.8 Å². The van der Waals surface area contributed by atoms with Gasteiger partial charge in [0.05, 0.1) is 23.8 Å². The second kappa shape index (κ2) is 8.17. The molecule has 1 saturated heterocycles. The van der Waals surface area contributed by atoms with Crippen LogP contribution in [0, 0.1) is 11.8 Å². The molecule has 1 aromatic heterocycles. The largest absolute Gasteiger partial charge is 0.378 e. The van der Waals surface area contributed by atoms with Crippen molar-refractivity contribution in [1.29, 1.82) is 0 Å². The summed E-state index contributed by atoms with van der Waals surface area (Å²) >= 11 is 6.33. The second-order valence-corrected chi connectivity index (χ2v) is 7.37. The first kappa shape index (κ1) is 17.5. The average Bonchev–Trinajstić information content (AvgIpc) is 2.62. The smallest absolute Gasteiger partial charge is 0.255 e. The molecule has 0 bridgehead atoms. The Morgan fingerprint density at radius 1 is 1.33 bits per heavy atom. The maximum Gasteiger partial charge on any atom is 0.255 e. The van der Waals surface area contributed by atoms with E-state index in [1.165, 1.54) is 25.7 Å². The zero-order valence-electron chi connectivity index (χ0n) is 14.3. The van der Waals surface area contributed by atoms with Gasteiger partial charge in [0.2, 0.25) is 0 Å². The van der Waals surface area contributed by atoms with E-state index >= 15 is 0 Å². The molecule has 1 aromatic rings. The quantitative estimate of drug-likeness (QED) is 0.902. The zero-order valence-corrected chi connectivity index (χ0v) is 15.0. The van der Waals surface area contributed by atoms with Gasteiger partial charge in [-0.05, 0) is 30.7 Å². The summed E-state index contributed by atoms with van der Waals surface area (Å²) in [6, 6.07) is 1.72. The molecule has 1 aliphatic heterocycles. The molecule has 2 aliphatic rings. The van der Waals surface area contributed by atoms with Gasteiger partial charge in [0, 0.05) is 25.8 Å². The predicted molar refractivity (Wildman–Crippen MR) is 95.6 cm³/mol. The first-order chi connectivity index (χ1) is 11.6. The van der Waals surface area contributed by atoms with Crippen molar-refractivity contribution in [2.24, 2.45) is 11.8 Å². The van der Waals surface area contributed by atoms with Crippen LogP contribution in [0.4, 0.5) is 5.82 Å². The lowest BCUT2D eigenvalue weighted by Crippen LogP contribution is -2.40. The SMILES string of the molecule is CC1CCC(CNc2ncc(C(=O)N3CCOCC3)cc2Cl)CC1. The second-order valence-electron chi connectivity index (χ2n) is 6.97. The van der Waals surface area contributed by atoms with Crippen LogP contribution < -0.4 is 5.32 Å². The highest BCUT2D eigenvalue weighted by Crippen LogP contribution is 2.29. The summed E-state index contributed by atoms with van der Waals surface area (Å²) in [5.74, 6) is 2.19. The summed E-state index contributed by atoms with van der Waals surface area (Å²) in [6.45, 7) is 5.65. The molecule has 1 aliphatic carbocycles. The molecule has 0 unspecified atom stereocenters. The number of carbonyl (C=O) groups is 1. The molecule has 2 heterocycles. The molecule has 2 fully saturated rings. The van der Waals surface area contributed by atoms with Gasteiger partial charge in [-0.1, -0.05) is 31.4 Å². The number of halogens is 1. The van der Waals surface area contributed by atoms with E-state index in [1.807, 2.05) is 0 Å². The Kier molecular flexibility index (Phi) is 5.95. The third kappa shape index (κ3) is 4.39. The lowest BCUT2D eigenvalue weighted by Gasteiger charge is -2.27. The van der Waals surface area contributed by atoms with Gasteiger partial charge in [-0.2, -0.15) is 0 Å². The molecule has 0 aromatic carbocycles. The number of anilines is 1. The van der Waals surface area contributed by atoms with Crippen LogP contribution >= 0.6 is 11.6 Å². The molecule has 0 radical (unpaired) electrons. The average molecular weight is 352 g/mol. The van der Waals surface area contributed by atoms with Crippen molar-refractivity contribution in [1.82, 2.24) is 9.88 Å². The van der Waals surface area contributed by atoms with E-state index in [4.69, 9.17) is 16.3 Å². The van der Waals surface area contributed by atoms with Crippen LogP contribution in [-0.2, 0) is 4.74 Å². The lowest BCUT2D eigenvalue weighted by molar-refractivity contribution is 0.0302. The highest BCUT2D eigenvalue weighted by molar-refractivity contribution is 6.33. The van der Waals surface area contributed by atoms with E-state index in [0.29, 0.717) is 48.6 Å². The van der Waals surface area contributed by atoms with Crippen molar-refractivity contribution >= 4 is 23.3 Å². The number of nitrogens with zero attached hydrogens (tertiary/aromatic N) is 2. The molecule has 1 saturated carbocycles. The van der Waals surface area contributed by atoms with Gasteiger partial charge < -0.3 is 15.0 Å². The molecule has 3 rings (SSSR count). The molecule has 132 valence electrons. The molecule has 5 nitrogen and oxygen atoms in total. The number of hydrogen-bond donors (Lipinski definition) is 1. The normalized spacial score (nSPS) is 24.7. The van der Waals surface area contributed by atoms with Crippen molar-refractivity contribution in [2.45, 2.75) is 32.6 Å². The topological polar surface area (TPSA) is 54.5 Å². The number of carbonyl (C=O) groups excluding carboxylic acids is 1. The number of morpholine rings is 1. The highest BCUT2D eigenvalue weighted by atomic mass is 35.5. The monoisotopic (exact) mass is 351 g/mol. The first-order valence-electron chi connectivity index (χ1n) is 8.90. The van der Waals surface area contributed by atoms with E-state index in [2.05, 4.69) is 17.2 Å². The van der Waals surface area contributed by atoms with E-state index in [-0.39, 0.29) is 5.91 Å². The number of hydrogen-bond acceptors (Lipinski definition) is 4. The number of aromatic nitrogens is 1. The zero-order chi connectivity index (χ0) is 16.9. The molecular weight excluding hydrogens is 326 g/mol. The first-order valence-corrected chi connectivity index (χ1v) is 9.27. The molecule has 0 spiro atoms. The summed E-state index contributed by atoms with van der Waals surface area (Å²) in [5, 5.41) is 3.87. The van der Waals surface area contributed by atoms with E-state index in [9.17, 15) is 4.79 Å². The van der Waals surface area contributed by atoms with Crippen molar-refractivity contribution in [3.8, 4) is 0 Å². The number of ether oxygens (including phenoxy) is 1. The summed E-state index contributed by atoms with van der Waals surface area (Å²) < 4.78 is 5.28. The highest BCUT2D eigenvalue weighted by Gasteiger charge is 2.21. The standard InChI is InChI=1S/C18H26ClN3O2/c1-13-2-4-14(5-3-13)11-20-17-16(19)10-15(12-21-17)18(23)22-6-8-24-9-7-22/h10,12-14H,2-9,11H2,1H3,(H,20,21). The fraction of sp³-hybridized carbons (Fsp3) is 0.667.